The minimum absolute atomic E-state index is 0.164. The summed E-state index contributed by atoms with van der Waals surface area (Å²) in [6.07, 6.45) is 1.88. The summed E-state index contributed by atoms with van der Waals surface area (Å²) < 4.78 is 8.07. The molecule has 0 saturated carbocycles. The van der Waals surface area contributed by atoms with Gasteiger partial charge < -0.3 is 19.9 Å². The van der Waals surface area contributed by atoms with E-state index in [-0.39, 0.29) is 17.7 Å². The average Bonchev–Trinajstić information content (AvgIpc) is 2.67. The van der Waals surface area contributed by atoms with Crippen molar-refractivity contribution in [1.29, 1.82) is 0 Å². The van der Waals surface area contributed by atoms with Gasteiger partial charge in [0.25, 0.3) is 0 Å². The third-order valence-corrected chi connectivity index (χ3v) is 8.89. The first-order valence-corrected chi connectivity index (χ1v) is 13.2. The molecule has 1 N–H and O–H groups in total. The first-order valence-electron chi connectivity index (χ1n) is 9.94. The van der Waals surface area contributed by atoms with Crippen LogP contribution in [0.3, 0.4) is 0 Å². The van der Waals surface area contributed by atoms with Gasteiger partial charge in [0.2, 0.25) is 11.8 Å². The second-order valence-corrected chi connectivity index (χ2v) is 11.4. The summed E-state index contributed by atoms with van der Waals surface area (Å²) in [5.41, 5.74) is 0.954. The summed E-state index contributed by atoms with van der Waals surface area (Å²) >= 11 is 6.34. The molecule has 0 aliphatic carbocycles. The molecule has 7 nitrogen and oxygen atoms in total. The van der Waals surface area contributed by atoms with Crippen LogP contribution in [0.1, 0.15) is 50.9 Å². The minimum Gasteiger partial charge on any atom is -0.456 e. The fourth-order valence-electron chi connectivity index (χ4n) is 3.61. The van der Waals surface area contributed by atoms with Crippen molar-refractivity contribution in [3.8, 4) is 0 Å². The molecule has 2 rings (SSSR count). The van der Waals surface area contributed by atoms with Crippen molar-refractivity contribution in [3.63, 3.8) is 0 Å². The maximum Gasteiger partial charge on any atom is 0.341 e. The maximum atomic E-state index is 13.5. The molecule has 0 bridgehead atoms. The number of anilines is 2. The zero-order valence-electron chi connectivity index (χ0n) is 18.6. The molecule has 0 unspecified atom stereocenters. The third kappa shape index (κ3) is 5.83. The number of rotatable bonds is 5. The van der Waals surface area contributed by atoms with Crippen LogP contribution >= 0.6 is 67.8 Å². The second kappa shape index (κ2) is 10.8. The lowest BCUT2D eigenvalue weighted by Crippen LogP contribution is -2.43. The molecule has 1 saturated heterocycles. The number of hydrogen-bond donors (Lipinski definition) is 1. The van der Waals surface area contributed by atoms with Gasteiger partial charge in [-0.1, -0.05) is 0 Å². The zero-order chi connectivity index (χ0) is 23.7. The lowest BCUT2D eigenvalue weighted by Gasteiger charge is -2.37. The van der Waals surface area contributed by atoms with E-state index >= 15 is 0 Å². The molecule has 1 fully saturated rings. The molecule has 1 aliphatic heterocycles. The van der Waals surface area contributed by atoms with Gasteiger partial charge in [-0.3, -0.25) is 9.59 Å². The topological polar surface area (TPSA) is 79.0 Å². The Kier molecular flexibility index (Phi) is 9.42. The zero-order valence-corrected chi connectivity index (χ0v) is 25.0. The van der Waals surface area contributed by atoms with Crippen LogP contribution in [0.25, 0.3) is 0 Å². The highest BCUT2D eigenvalue weighted by Gasteiger charge is 2.37. The third-order valence-electron chi connectivity index (χ3n) is 5.77. The summed E-state index contributed by atoms with van der Waals surface area (Å²) in [5, 5.41) is 3.34. The number of ether oxygens (including phenoxy) is 1. The highest BCUT2D eigenvalue weighted by molar-refractivity contribution is 14.1. The maximum absolute atomic E-state index is 13.5. The molecule has 2 amide bonds. The first-order chi connectivity index (χ1) is 14.3. The van der Waals surface area contributed by atoms with Crippen molar-refractivity contribution in [3.05, 3.63) is 16.3 Å². The Hall–Kier alpha value is -0.220. The van der Waals surface area contributed by atoms with Crippen LogP contribution in [0.4, 0.5) is 11.4 Å². The molecular formula is C21H28I3N3O4. The van der Waals surface area contributed by atoms with Crippen LogP contribution in [0.5, 0.6) is 0 Å². The number of nitrogens with one attached hydrogen (secondary N) is 1. The van der Waals surface area contributed by atoms with Crippen LogP contribution in [-0.4, -0.2) is 50.6 Å². The van der Waals surface area contributed by atoms with Gasteiger partial charge in [0.1, 0.15) is 5.60 Å². The fraction of sp³-hybridized carbons (Fsp3) is 0.571. The van der Waals surface area contributed by atoms with E-state index in [1.165, 1.54) is 23.6 Å². The van der Waals surface area contributed by atoms with Crippen molar-refractivity contribution < 1.29 is 19.1 Å². The highest BCUT2D eigenvalue weighted by Crippen LogP contribution is 2.43. The number of benzene rings is 1. The summed E-state index contributed by atoms with van der Waals surface area (Å²) in [6, 6.07) is 0. The molecule has 172 valence electrons. The van der Waals surface area contributed by atoms with Gasteiger partial charge in [-0.15, -0.1) is 0 Å². The van der Waals surface area contributed by atoms with Crippen LogP contribution in [0.15, 0.2) is 0 Å². The van der Waals surface area contributed by atoms with E-state index in [1.54, 1.807) is 14.1 Å². The molecule has 1 heterocycles. The van der Waals surface area contributed by atoms with Crippen molar-refractivity contribution in [2.75, 3.05) is 37.0 Å². The number of nitrogens with zero attached hydrogens (tertiary/aromatic N) is 2. The predicted molar refractivity (Wildman–Crippen MR) is 148 cm³/mol. The number of hydrogen-bond acceptors (Lipinski definition) is 5. The first kappa shape index (κ1) is 27.0. The molecule has 1 aromatic rings. The predicted octanol–water partition coefficient (Wildman–Crippen LogP) is 4.40. The Morgan fingerprint density at radius 3 is 1.71 bits per heavy atom. The lowest BCUT2D eigenvalue weighted by molar-refractivity contribution is -0.117. The van der Waals surface area contributed by atoms with E-state index in [2.05, 4.69) is 73.1 Å². The van der Waals surface area contributed by atoms with E-state index in [0.717, 1.165) is 29.5 Å². The molecule has 0 aromatic heterocycles. The van der Waals surface area contributed by atoms with Crippen LogP contribution < -0.4 is 15.1 Å². The second-order valence-electron chi connectivity index (χ2n) is 8.19. The Morgan fingerprint density at radius 1 is 0.903 bits per heavy atom. The fourth-order valence-corrected chi connectivity index (χ4v) is 8.67. The largest absolute Gasteiger partial charge is 0.456 e. The van der Waals surface area contributed by atoms with Gasteiger partial charge >= 0.3 is 5.97 Å². The quantitative estimate of drug-likeness (QED) is 0.356. The molecule has 10 heteroatoms. The van der Waals surface area contributed by atoms with Crippen LogP contribution in [-0.2, 0) is 14.3 Å². The van der Waals surface area contributed by atoms with Crippen LogP contribution in [0.2, 0.25) is 0 Å². The van der Waals surface area contributed by atoms with Crippen molar-refractivity contribution >= 4 is 96.9 Å². The van der Waals surface area contributed by atoms with Gasteiger partial charge in [0, 0.05) is 33.9 Å². The van der Waals surface area contributed by atoms with E-state index in [0.29, 0.717) is 24.1 Å². The Labute approximate surface area is 224 Å². The molecule has 0 radical (unpaired) electrons. The van der Waals surface area contributed by atoms with E-state index in [9.17, 15) is 14.4 Å². The standard InChI is InChI=1S/C21H28I3N3O4/c1-11(28)26(5)18-15(22)14(16(23)19(17(18)24)27(6)12(2)29)20(30)31-21(3,4)13-7-9-25-10-8-13/h13,25H,7-10H2,1-6H3. The van der Waals surface area contributed by atoms with E-state index in [4.69, 9.17) is 4.74 Å². The number of amides is 2. The van der Waals surface area contributed by atoms with Crippen molar-refractivity contribution in [2.24, 2.45) is 5.92 Å². The summed E-state index contributed by atoms with van der Waals surface area (Å²) in [7, 11) is 3.33. The molecule has 0 atom stereocenters. The number of esters is 1. The smallest absolute Gasteiger partial charge is 0.341 e. The van der Waals surface area contributed by atoms with E-state index in [1.807, 2.05) is 13.8 Å². The van der Waals surface area contributed by atoms with Gasteiger partial charge in [0.05, 0.1) is 27.6 Å². The summed E-state index contributed by atoms with van der Waals surface area (Å²) in [4.78, 5) is 40.9. The average molecular weight is 767 g/mol. The molecule has 31 heavy (non-hydrogen) atoms. The molecule has 0 spiro atoms. The molecule has 1 aliphatic rings. The van der Waals surface area contributed by atoms with Gasteiger partial charge in [0.15, 0.2) is 0 Å². The van der Waals surface area contributed by atoms with Gasteiger partial charge in [-0.05, 0) is 108 Å². The minimum atomic E-state index is -0.631. The van der Waals surface area contributed by atoms with Crippen molar-refractivity contribution in [2.45, 2.75) is 46.1 Å². The Bertz CT molecular complexity index is 851. The lowest BCUT2D eigenvalue weighted by atomic mass is 9.83. The number of piperidine rings is 1. The Morgan fingerprint density at radius 2 is 1.32 bits per heavy atom. The summed E-state index contributed by atoms with van der Waals surface area (Å²) in [5.74, 6) is -0.508. The van der Waals surface area contributed by atoms with Gasteiger partial charge in [-0.25, -0.2) is 4.79 Å². The normalized spacial score (nSPS) is 14.9. The number of carbonyl (C=O) groups excluding carboxylic acids is 3. The van der Waals surface area contributed by atoms with E-state index < -0.39 is 11.6 Å². The molecular weight excluding hydrogens is 739 g/mol. The summed E-state index contributed by atoms with van der Waals surface area (Å²) in [6.45, 7) is 8.67. The Balaban J connectivity index is 2.63. The number of carbonyl (C=O) groups is 3. The molecule has 1 aromatic carbocycles. The monoisotopic (exact) mass is 767 g/mol. The van der Waals surface area contributed by atoms with Gasteiger partial charge in [-0.2, -0.15) is 0 Å². The van der Waals surface area contributed by atoms with Crippen LogP contribution in [0, 0.1) is 16.6 Å². The van der Waals surface area contributed by atoms with Crippen molar-refractivity contribution in [1.82, 2.24) is 5.32 Å². The highest BCUT2D eigenvalue weighted by atomic mass is 127. The number of halogens is 3. The SMILES string of the molecule is CC(=O)N(C)c1c(I)c(C(=O)OC(C)(C)C2CCNCC2)c(I)c(N(C)C(C)=O)c1I.